The number of carbonyl (C=O) groups is 3. The van der Waals surface area contributed by atoms with E-state index in [2.05, 4.69) is 10.6 Å². The summed E-state index contributed by atoms with van der Waals surface area (Å²) in [4.78, 5) is 34.5. The van der Waals surface area contributed by atoms with E-state index < -0.39 is 36.8 Å². The van der Waals surface area contributed by atoms with Crippen LogP contribution < -0.4 is 10.6 Å². The summed E-state index contributed by atoms with van der Waals surface area (Å²) in [5, 5.41) is 4.93. The largest absolute Gasteiger partial charge is 0.454 e. The number of hydrogen-bond acceptors (Lipinski definition) is 4. The Bertz CT molecular complexity index is 548. The average Bonchev–Trinajstić information content (AvgIpc) is 2.50. The van der Waals surface area contributed by atoms with Crippen molar-refractivity contribution in [1.29, 1.82) is 0 Å². The Morgan fingerprint density at radius 3 is 2.68 bits per heavy atom. The lowest BCUT2D eigenvalue weighted by atomic mass is 10.2. The summed E-state index contributed by atoms with van der Waals surface area (Å²) in [5.41, 5.74) is 0.0994. The summed E-state index contributed by atoms with van der Waals surface area (Å²) in [6, 6.07) is 5.07. The summed E-state index contributed by atoms with van der Waals surface area (Å²) >= 11 is 0. The van der Waals surface area contributed by atoms with Crippen molar-refractivity contribution in [3.63, 3.8) is 0 Å². The monoisotopic (exact) mass is 310 g/mol. The van der Waals surface area contributed by atoms with Gasteiger partial charge < -0.3 is 15.4 Å². The first kappa shape index (κ1) is 17.6. The number of halogens is 1. The Labute approximate surface area is 128 Å². The van der Waals surface area contributed by atoms with Gasteiger partial charge in [-0.2, -0.15) is 0 Å². The zero-order valence-corrected chi connectivity index (χ0v) is 12.5. The third-order valence-electron chi connectivity index (χ3n) is 2.86. The average molecular weight is 310 g/mol. The molecule has 1 rings (SSSR count). The number of hydrogen-bond donors (Lipinski definition) is 2. The molecular weight excluding hydrogens is 291 g/mol. The van der Waals surface area contributed by atoms with Gasteiger partial charge in [-0.15, -0.1) is 0 Å². The van der Waals surface area contributed by atoms with Crippen LogP contribution in [-0.2, 0) is 14.3 Å². The van der Waals surface area contributed by atoms with E-state index in [4.69, 9.17) is 4.74 Å². The molecule has 1 aromatic rings. The molecule has 0 bridgehead atoms. The second-order valence-electron chi connectivity index (χ2n) is 4.73. The highest BCUT2D eigenvalue weighted by molar-refractivity contribution is 5.96. The maximum absolute atomic E-state index is 13.0. The smallest absolute Gasteiger partial charge is 0.325 e. The van der Waals surface area contributed by atoms with Crippen LogP contribution in [0.4, 0.5) is 4.39 Å². The molecular formula is C15H19FN2O4. The van der Waals surface area contributed by atoms with Crippen LogP contribution >= 0.6 is 0 Å². The Morgan fingerprint density at radius 1 is 1.32 bits per heavy atom. The Hall–Kier alpha value is -2.44. The molecule has 0 saturated heterocycles. The van der Waals surface area contributed by atoms with Crippen LogP contribution in [0.1, 0.15) is 30.6 Å². The predicted octanol–water partition coefficient (Wildman–Crippen LogP) is 1.01. The van der Waals surface area contributed by atoms with Crippen molar-refractivity contribution in [2.45, 2.75) is 26.3 Å². The molecule has 0 aliphatic rings. The van der Waals surface area contributed by atoms with Crippen molar-refractivity contribution >= 4 is 17.8 Å². The fourth-order valence-corrected chi connectivity index (χ4v) is 1.50. The molecule has 120 valence electrons. The molecule has 6 nitrogen and oxygen atoms in total. The summed E-state index contributed by atoms with van der Waals surface area (Å²) < 4.78 is 17.7. The molecule has 7 heteroatoms. The van der Waals surface area contributed by atoms with Crippen molar-refractivity contribution in [2.75, 3.05) is 13.2 Å². The fraction of sp³-hybridized carbons (Fsp3) is 0.400. The molecule has 1 aromatic carbocycles. The first-order valence-electron chi connectivity index (χ1n) is 6.91. The number of benzene rings is 1. The van der Waals surface area contributed by atoms with Crippen molar-refractivity contribution in [2.24, 2.45) is 0 Å². The molecule has 0 fully saturated rings. The van der Waals surface area contributed by atoms with Crippen LogP contribution in [-0.4, -0.2) is 37.0 Å². The second kappa shape index (κ2) is 8.76. The van der Waals surface area contributed by atoms with Crippen LogP contribution in [0, 0.1) is 5.82 Å². The topological polar surface area (TPSA) is 84.5 Å². The molecule has 1 atom stereocenters. The minimum absolute atomic E-state index is 0.00104. The summed E-state index contributed by atoms with van der Waals surface area (Å²) in [6.07, 6.45) is 0.767. The van der Waals surface area contributed by atoms with Crippen LogP contribution in [0.2, 0.25) is 0 Å². The Balaban J connectivity index is 2.31. The maximum atomic E-state index is 13.0. The van der Waals surface area contributed by atoms with Gasteiger partial charge in [0, 0.05) is 11.6 Å². The standard InChI is InChI=1S/C15H19FN2O4/c1-3-10(2)18-13(19)9-22-14(20)8-17-15(21)11-5-4-6-12(16)7-11/h4-7,10H,3,8-9H2,1-2H3,(H,17,21)(H,18,19)/t10-/m0/s1. The van der Waals surface area contributed by atoms with E-state index in [1.165, 1.54) is 18.2 Å². The summed E-state index contributed by atoms with van der Waals surface area (Å²) in [7, 11) is 0. The zero-order chi connectivity index (χ0) is 16.5. The zero-order valence-electron chi connectivity index (χ0n) is 12.5. The van der Waals surface area contributed by atoms with Crippen molar-refractivity contribution < 1.29 is 23.5 Å². The van der Waals surface area contributed by atoms with E-state index in [-0.39, 0.29) is 11.6 Å². The molecule has 0 spiro atoms. The van der Waals surface area contributed by atoms with Gasteiger partial charge in [-0.3, -0.25) is 14.4 Å². The predicted molar refractivity (Wildman–Crippen MR) is 77.6 cm³/mol. The molecule has 0 heterocycles. The van der Waals surface area contributed by atoms with Crippen molar-refractivity contribution in [3.8, 4) is 0 Å². The minimum Gasteiger partial charge on any atom is -0.454 e. The van der Waals surface area contributed by atoms with E-state index in [9.17, 15) is 18.8 Å². The Kier molecular flexibility index (Phi) is 7.01. The molecule has 22 heavy (non-hydrogen) atoms. The first-order valence-corrected chi connectivity index (χ1v) is 6.91. The van der Waals surface area contributed by atoms with Gasteiger partial charge in [0.05, 0.1) is 0 Å². The van der Waals surface area contributed by atoms with Crippen LogP contribution in [0.5, 0.6) is 0 Å². The van der Waals surface area contributed by atoms with Gasteiger partial charge in [0.15, 0.2) is 6.61 Å². The highest BCUT2D eigenvalue weighted by Crippen LogP contribution is 2.02. The van der Waals surface area contributed by atoms with Gasteiger partial charge in [0.2, 0.25) is 0 Å². The van der Waals surface area contributed by atoms with E-state index in [1.54, 1.807) is 0 Å². The lowest BCUT2D eigenvalue weighted by molar-refractivity contribution is -0.147. The lowest BCUT2D eigenvalue weighted by Gasteiger charge is -2.11. The minimum atomic E-state index is -0.746. The number of amides is 2. The highest BCUT2D eigenvalue weighted by Gasteiger charge is 2.12. The van der Waals surface area contributed by atoms with Gasteiger partial charge in [-0.25, -0.2) is 4.39 Å². The van der Waals surface area contributed by atoms with Gasteiger partial charge >= 0.3 is 5.97 Å². The molecule has 0 aliphatic heterocycles. The first-order chi connectivity index (χ1) is 10.4. The van der Waals surface area contributed by atoms with E-state index in [0.717, 1.165) is 12.5 Å². The highest BCUT2D eigenvalue weighted by atomic mass is 19.1. The lowest BCUT2D eigenvalue weighted by Crippen LogP contribution is -2.37. The van der Waals surface area contributed by atoms with Crippen LogP contribution in [0.15, 0.2) is 24.3 Å². The second-order valence-corrected chi connectivity index (χ2v) is 4.73. The normalized spacial score (nSPS) is 11.4. The number of carbonyl (C=O) groups excluding carboxylic acids is 3. The number of esters is 1. The van der Waals surface area contributed by atoms with Crippen LogP contribution in [0.25, 0.3) is 0 Å². The number of ether oxygens (including phenoxy) is 1. The summed E-state index contributed by atoms with van der Waals surface area (Å²) in [5.74, 6) is -2.29. The molecule has 2 N–H and O–H groups in total. The SMILES string of the molecule is CC[C@H](C)NC(=O)COC(=O)CNC(=O)c1cccc(F)c1. The van der Waals surface area contributed by atoms with E-state index in [1.807, 2.05) is 13.8 Å². The van der Waals surface area contributed by atoms with Gasteiger partial charge in [0.1, 0.15) is 12.4 Å². The van der Waals surface area contributed by atoms with E-state index in [0.29, 0.717) is 0 Å². The fourth-order valence-electron chi connectivity index (χ4n) is 1.50. The molecule has 0 unspecified atom stereocenters. The third-order valence-corrected chi connectivity index (χ3v) is 2.86. The molecule has 0 radical (unpaired) electrons. The van der Waals surface area contributed by atoms with E-state index >= 15 is 0 Å². The molecule has 0 aliphatic carbocycles. The number of nitrogens with one attached hydrogen (secondary N) is 2. The maximum Gasteiger partial charge on any atom is 0.325 e. The quantitative estimate of drug-likeness (QED) is 0.736. The Morgan fingerprint density at radius 2 is 2.05 bits per heavy atom. The van der Waals surface area contributed by atoms with Crippen molar-refractivity contribution in [3.05, 3.63) is 35.6 Å². The molecule has 2 amide bonds. The number of rotatable bonds is 7. The summed E-state index contributed by atoms with van der Waals surface area (Å²) in [6.45, 7) is 2.95. The third kappa shape index (κ3) is 6.34. The van der Waals surface area contributed by atoms with Gasteiger partial charge in [-0.1, -0.05) is 13.0 Å². The van der Waals surface area contributed by atoms with Crippen LogP contribution in [0.3, 0.4) is 0 Å². The molecule has 0 aromatic heterocycles. The van der Waals surface area contributed by atoms with Gasteiger partial charge in [-0.05, 0) is 31.5 Å². The van der Waals surface area contributed by atoms with Crippen molar-refractivity contribution in [1.82, 2.24) is 10.6 Å². The molecule has 0 saturated carbocycles. The van der Waals surface area contributed by atoms with Gasteiger partial charge in [0.25, 0.3) is 11.8 Å².